The molecule has 0 spiro atoms. The second kappa shape index (κ2) is 7.63. The van der Waals surface area contributed by atoms with Crippen LogP contribution in [0.1, 0.15) is 34.6 Å². The van der Waals surface area contributed by atoms with Crippen molar-refractivity contribution in [2.75, 3.05) is 19.8 Å². The van der Waals surface area contributed by atoms with Crippen molar-refractivity contribution in [1.82, 2.24) is 5.32 Å². The smallest absolute Gasteiger partial charge is 0.326 e. The Morgan fingerprint density at radius 1 is 1.41 bits per heavy atom. The van der Waals surface area contributed by atoms with Crippen LogP contribution in [0, 0.1) is 0 Å². The molecule has 2 atom stereocenters. The third-order valence-electron chi connectivity index (χ3n) is 2.29. The number of nitrogens with one attached hydrogen (secondary N) is 1. The van der Waals surface area contributed by atoms with E-state index < -0.39 is 11.5 Å². The van der Waals surface area contributed by atoms with Crippen molar-refractivity contribution in [2.24, 2.45) is 0 Å². The van der Waals surface area contributed by atoms with Gasteiger partial charge in [-0.05, 0) is 34.6 Å². The molecule has 5 heteroatoms. The fraction of sp³-hybridized carbons (Fsp3) is 0.917. The van der Waals surface area contributed by atoms with E-state index in [1.54, 1.807) is 6.92 Å². The van der Waals surface area contributed by atoms with Crippen molar-refractivity contribution in [3.63, 3.8) is 0 Å². The minimum Gasteiger partial charge on any atom is -0.480 e. The van der Waals surface area contributed by atoms with E-state index in [1.165, 1.54) is 0 Å². The van der Waals surface area contributed by atoms with Crippen LogP contribution in [0.25, 0.3) is 0 Å². The Kier molecular flexibility index (Phi) is 7.34. The third-order valence-corrected chi connectivity index (χ3v) is 2.29. The molecule has 2 N–H and O–H groups in total. The summed E-state index contributed by atoms with van der Waals surface area (Å²) in [5, 5.41) is 12.2. The van der Waals surface area contributed by atoms with Crippen LogP contribution >= 0.6 is 0 Å². The highest BCUT2D eigenvalue weighted by Gasteiger charge is 2.34. The number of ether oxygens (including phenoxy) is 2. The van der Waals surface area contributed by atoms with Gasteiger partial charge in [0.15, 0.2) is 0 Å². The van der Waals surface area contributed by atoms with Crippen LogP contribution in [-0.2, 0) is 14.3 Å². The van der Waals surface area contributed by atoms with Gasteiger partial charge in [0.05, 0.1) is 19.3 Å². The molecule has 102 valence electrons. The molecule has 0 radical (unpaired) electrons. The lowest BCUT2D eigenvalue weighted by Gasteiger charge is -2.29. The second-order valence-corrected chi connectivity index (χ2v) is 4.72. The molecule has 0 aromatic carbocycles. The zero-order valence-corrected chi connectivity index (χ0v) is 11.4. The highest BCUT2D eigenvalue weighted by Crippen LogP contribution is 2.08. The molecule has 0 aromatic heterocycles. The summed E-state index contributed by atoms with van der Waals surface area (Å²) in [5.74, 6) is -0.908. The average molecular weight is 247 g/mol. The summed E-state index contributed by atoms with van der Waals surface area (Å²) >= 11 is 0. The fourth-order valence-corrected chi connectivity index (χ4v) is 1.44. The summed E-state index contributed by atoms with van der Waals surface area (Å²) in [6.45, 7) is 10.5. The van der Waals surface area contributed by atoms with Crippen LogP contribution in [-0.4, -0.2) is 48.6 Å². The number of carboxylic acid groups (broad SMARTS) is 1. The van der Waals surface area contributed by atoms with E-state index >= 15 is 0 Å². The van der Waals surface area contributed by atoms with E-state index in [9.17, 15) is 9.90 Å². The van der Waals surface area contributed by atoms with Crippen molar-refractivity contribution < 1.29 is 19.4 Å². The van der Waals surface area contributed by atoms with Crippen LogP contribution in [0.15, 0.2) is 0 Å². The van der Waals surface area contributed by atoms with Crippen LogP contribution in [0.3, 0.4) is 0 Å². The normalized spacial score (nSPS) is 16.8. The van der Waals surface area contributed by atoms with Gasteiger partial charge in [-0.15, -0.1) is 0 Å². The zero-order valence-electron chi connectivity index (χ0n) is 11.4. The molecule has 0 aliphatic rings. The Bertz CT molecular complexity index is 233. The molecule has 0 aliphatic heterocycles. The molecule has 0 fully saturated rings. The highest BCUT2D eigenvalue weighted by molar-refractivity contribution is 5.78. The summed E-state index contributed by atoms with van der Waals surface area (Å²) in [5.41, 5.74) is -1.06. The van der Waals surface area contributed by atoms with Gasteiger partial charge in [0, 0.05) is 12.6 Å². The Labute approximate surface area is 103 Å². The quantitative estimate of drug-likeness (QED) is 0.642. The molecule has 0 amide bonds. The highest BCUT2D eigenvalue weighted by atomic mass is 16.5. The number of carbonyl (C=O) groups is 1. The molecule has 0 bridgehead atoms. The van der Waals surface area contributed by atoms with Gasteiger partial charge < -0.3 is 14.6 Å². The van der Waals surface area contributed by atoms with Gasteiger partial charge in [0.1, 0.15) is 5.54 Å². The molecule has 0 heterocycles. The monoisotopic (exact) mass is 247 g/mol. The van der Waals surface area contributed by atoms with Gasteiger partial charge in [-0.25, -0.2) is 0 Å². The van der Waals surface area contributed by atoms with Gasteiger partial charge >= 0.3 is 5.97 Å². The van der Waals surface area contributed by atoms with Crippen molar-refractivity contribution >= 4 is 5.97 Å². The molecule has 5 nitrogen and oxygen atoms in total. The Morgan fingerprint density at radius 2 is 2.00 bits per heavy atom. The molecule has 0 aliphatic carbocycles. The maximum Gasteiger partial charge on any atom is 0.326 e. The summed E-state index contributed by atoms with van der Waals surface area (Å²) in [6, 6.07) is 0.0851. The standard InChI is InChI=1S/C12H25NO4/c1-6-16-7-10(4)17-8-12(5,11(14)15)13-9(2)3/h9-10,13H,6-8H2,1-5H3,(H,14,15). The summed E-state index contributed by atoms with van der Waals surface area (Å²) in [6.07, 6.45) is -0.109. The van der Waals surface area contributed by atoms with Crippen molar-refractivity contribution in [3.8, 4) is 0 Å². The maximum absolute atomic E-state index is 11.2. The predicted molar refractivity (Wildman–Crippen MR) is 66.2 cm³/mol. The van der Waals surface area contributed by atoms with E-state index in [2.05, 4.69) is 5.32 Å². The minimum atomic E-state index is -1.06. The van der Waals surface area contributed by atoms with Crippen LogP contribution in [0.5, 0.6) is 0 Å². The minimum absolute atomic E-state index is 0.0851. The predicted octanol–water partition coefficient (Wildman–Crippen LogP) is 1.27. The number of hydrogen-bond donors (Lipinski definition) is 2. The lowest BCUT2D eigenvalue weighted by atomic mass is 10.0. The molecule has 0 saturated heterocycles. The maximum atomic E-state index is 11.2. The van der Waals surface area contributed by atoms with Gasteiger partial charge in [-0.1, -0.05) is 0 Å². The van der Waals surface area contributed by atoms with E-state index in [1.807, 2.05) is 27.7 Å². The fourth-order valence-electron chi connectivity index (χ4n) is 1.44. The first-order chi connectivity index (χ1) is 7.81. The van der Waals surface area contributed by atoms with Gasteiger partial charge in [-0.2, -0.15) is 0 Å². The molecular formula is C12H25NO4. The molecule has 2 unspecified atom stereocenters. The zero-order chi connectivity index (χ0) is 13.5. The van der Waals surface area contributed by atoms with Crippen molar-refractivity contribution in [1.29, 1.82) is 0 Å². The lowest BCUT2D eigenvalue weighted by molar-refractivity contribution is -0.148. The SMILES string of the molecule is CCOCC(C)OCC(C)(NC(C)C)C(=O)O. The first-order valence-corrected chi connectivity index (χ1v) is 6.02. The summed E-state index contributed by atoms with van der Waals surface area (Å²) in [7, 11) is 0. The molecule has 17 heavy (non-hydrogen) atoms. The van der Waals surface area contributed by atoms with Gasteiger partial charge in [0.2, 0.25) is 0 Å². The summed E-state index contributed by atoms with van der Waals surface area (Å²) in [4.78, 5) is 11.2. The average Bonchev–Trinajstić information content (AvgIpc) is 2.22. The number of hydrogen-bond acceptors (Lipinski definition) is 4. The van der Waals surface area contributed by atoms with Crippen molar-refractivity contribution in [3.05, 3.63) is 0 Å². The third kappa shape index (κ3) is 6.61. The Balaban J connectivity index is 4.22. The first kappa shape index (κ1) is 16.4. The number of rotatable bonds is 9. The van der Waals surface area contributed by atoms with E-state index in [0.717, 1.165) is 0 Å². The second-order valence-electron chi connectivity index (χ2n) is 4.72. The molecule has 0 rings (SSSR count). The largest absolute Gasteiger partial charge is 0.480 e. The van der Waals surface area contributed by atoms with Gasteiger partial charge in [-0.3, -0.25) is 10.1 Å². The topological polar surface area (TPSA) is 67.8 Å². The molecule has 0 aromatic rings. The van der Waals surface area contributed by atoms with Crippen LogP contribution in [0.4, 0.5) is 0 Å². The van der Waals surface area contributed by atoms with Gasteiger partial charge in [0.25, 0.3) is 0 Å². The summed E-state index contributed by atoms with van der Waals surface area (Å²) < 4.78 is 10.7. The molecule has 0 saturated carbocycles. The lowest BCUT2D eigenvalue weighted by Crippen LogP contribution is -2.56. The number of aliphatic carboxylic acids is 1. The Morgan fingerprint density at radius 3 is 2.41 bits per heavy atom. The van der Waals surface area contributed by atoms with Crippen LogP contribution in [0.2, 0.25) is 0 Å². The first-order valence-electron chi connectivity index (χ1n) is 6.02. The van der Waals surface area contributed by atoms with E-state index in [4.69, 9.17) is 9.47 Å². The molecular weight excluding hydrogens is 222 g/mol. The van der Waals surface area contributed by atoms with E-state index in [0.29, 0.717) is 13.2 Å². The van der Waals surface area contributed by atoms with E-state index in [-0.39, 0.29) is 18.8 Å². The Hall–Kier alpha value is -0.650. The van der Waals surface area contributed by atoms with Crippen molar-refractivity contribution in [2.45, 2.75) is 52.3 Å². The number of carboxylic acids is 1. The van der Waals surface area contributed by atoms with Crippen LogP contribution < -0.4 is 5.32 Å².